The number of carboxylic acids is 1. The highest BCUT2D eigenvalue weighted by Gasteiger charge is 2.41. The van der Waals surface area contributed by atoms with E-state index in [2.05, 4.69) is 5.32 Å². The highest BCUT2D eigenvalue weighted by Crippen LogP contribution is 2.28. The van der Waals surface area contributed by atoms with E-state index in [0.717, 1.165) is 0 Å². The summed E-state index contributed by atoms with van der Waals surface area (Å²) in [5.74, 6) is -1.33. The quantitative estimate of drug-likeness (QED) is 0.583. The number of hydrogen-bond donors (Lipinski definition) is 2. The lowest BCUT2D eigenvalue weighted by Gasteiger charge is -2.34. The molecule has 2 N–H and O–H groups in total. The van der Waals surface area contributed by atoms with Crippen LogP contribution in [0.5, 0.6) is 0 Å². The van der Waals surface area contributed by atoms with Gasteiger partial charge in [-0.3, -0.25) is 10.1 Å². The molecule has 5 nitrogen and oxygen atoms in total. The fraction of sp³-hybridized carbons (Fsp3) is 0.875. The highest BCUT2D eigenvalue weighted by molar-refractivity contribution is 5.73. The Morgan fingerprint density at radius 1 is 1.46 bits per heavy atom. The van der Waals surface area contributed by atoms with Crippen molar-refractivity contribution in [2.75, 3.05) is 19.8 Å². The molecule has 2 aliphatic heterocycles. The van der Waals surface area contributed by atoms with Crippen molar-refractivity contribution < 1.29 is 19.4 Å². The minimum absolute atomic E-state index is 0.446. The smallest absolute Gasteiger partial charge is 0.320 e. The largest absolute Gasteiger partial charge is 0.480 e. The van der Waals surface area contributed by atoms with Crippen LogP contribution in [0.3, 0.4) is 0 Å². The van der Waals surface area contributed by atoms with E-state index in [4.69, 9.17) is 14.6 Å². The van der Waals surface area contributed by atoms with E-state index >= 15 is 0 Å². The molecule has 5 heteroatoms. The maximum absolute atomic E-state index is 10.6. The molecule has 74 valence electrons. The van der Waals surface area contributed by atoms with Crippen molar-refractivity contribution in [3.63, 3.8) is 0 Å². The molecule has 2 saturated heterocycles. The van der Waals surface area contributed by atoms with Gasteiger partial charge in [-0.25, -0.2) is 0 Å². The van der Waals surface area contributed by atoms with Crippen LogP contribution in [-0.2, 0) is 14.3 Å². The maximum atomic E-state index is 10.6. The van der Waals surface area contributed by atoms with E-state index in [1.54, 1.807) is 0 Å². The molecule has 0 aromatic heterocycles. The van der Waals surface area contributed by atoms with Crippen LogP contribution in [0.1, 0.15) is 12.8 Å². The van der Waals surface area contributed by atoms with E-state index in [9.17, 15) is 4.79 Å². The molecule has 0 aliphatic carbocycles. The van der Waals surface area contributed by atoms with Gasteiger partial charge in [-0.1, -0.05) is 0 Å². The van der Waals surface area contributed by atoms with Crippen molar-refractivity contribution in [3.05, 3.63) is 0 Å². The van der Waals surface area contributed by atoms with Gasteiger partial charge in [0.25, 0.3) is 0 Å². The predicted octanol–water partition coefficient (Wildman–Crippen LogP) is -0.434. The minimum Gasteiger partial charge on any atom is -0.480 e. The lowest BCUT2D eigenvalue weighted by Crippen LogP contribution is -2.53. The Morgan fingerprint density at radius 2 is 2.15 bits per heavy atom. The van der Waals surface area contributed by atoms with Gasteiger partial charge in [0.1, 0.15) is 6.04 Å². The zero-order valence-electron chi connectivity index (χ0n) is 7.28. The lowest BCUT2D eigenvalue weighted by molar-refractivity contribution is -0.175. The molecular formula is C8H13NO4. The normalized spacial score (nSPS) is 32.2. The van der Waals surface area contributed by atoms with Gasteiger partial charge in [-0.05, 0) is 6.42 Å². The van der Waals surface area contributed by atoms with Crippen LogP contribution in [0.25, 0.3) is 0 Å². The first-order chi connectivity index (χ1) is 6.22. The Morgan fingerprint density at radius 3 is 2.62 bits per heavy atom. The molecule has 1 atom stereocenters. The van der Waals surface area contributed by atoms with Crippen molar-refractivity contribution in [2.24, 2.45) is 0 Å². The number of hydrogen-bond acceptors (Lipinski definition) is 4. The van der Waals surface area contributed by atoms with Gasteiger partial charge in [0, 0.05) is 6.42 Å². The summed E-state index contributed by atoms with van der Waals surface area (Å²) in [6, 6.07) is -0.446. The Kier molecular flexibility index (Phi) is 2.23. The van der Waals surface area contributed by atoms with E-state index in [1.807, 2.05) is 0 Å². The van der Waals surface area contributed by atoms with Crippen LogP contribution in [0.2, 0.25) is 0 Å². The molecule has 0 saturated carbocycles. The molecule has 0 radical (unpaired) electrons. The zero-order chi connectivity index (χ0) is 9.31. The Bertz CT molecular complexity index is 202. The van der Waals surface area contributed by atoms with Gasteiger partial charge in [0.2, 0.25) is 0 Å². The number of piperidine rings is 1. The molecule has 2 aliphatic rings. The van der Waals surface area contributed by atoms with E-state index in [-0.39, 0.29) is 0 Å². The number of nitrogens with one attached hydrogen (secondary N) is 1. The molecule has 0 bridgehead atoms. The zero-order valence-corrected chi connectivity index (χ0v) is 7.28. The van der Waals surface area contributed by atoms with Crippen LogP contribution < -0.4 is 5.32 Å². The third-order valence-electron chi connectivity index (χ3n) is 2.54. The van der Waals surface area contributed by atoms with E-state index in [1.165, 1.54) is 0 Å². The molecule has 0 amide bonds. The molecule has 0 aromatic rings. The van der Waals surface area contributed by atoms with Crippen LogP contribution in [0.4, 0.5) is 0 Å². The van der Waals surface area contributed by atoms with Crippen molar-refractivity contribution in [3.8, 4) is 0 Å². The Balaban J connectivity index is 1.91. The second-order valence-electron chi connectivity index (χ2n) is 3.42. The summed E-state index contributed by atoms with van der Waals surface area (Å²) in [5, 5.41) is 11.6. The monoisotopic (exact) mass is 187 g/mol. The third-order valence-corrected chi connectivity index (χ3v) is 2.54. The molecule has 0 aromatic carbocycles. The number of rotatable bonds is 1. The summed E-state index contributed by atoms with van der Waals surface area (Å²) in [4.78, 5) is 10.6. The molecule has 2 rings (SSSR count). The summed E-state index contributed by atoms with van der Waals surface area (Å²) in [7, 11) is 0. The molecule has 2 fully saturated rings. The summed E-state index contributed by atoms with van der Waals surface area (Å²) in [6.45, 7) is 1.70. The second kappa shape index (κ2) is 3.25. The molecule has 2 heterocycles. The van der Waals surface area contributed by atoms with E-state index in [0.29, 0.717) is 32.6 Å². The number of carboxylic acid groups (broad SMARTS) is 1. The van der Waals surface area contributed by atoms with Gasteiger partial charge >= 0.3 is 5.97 Å². The first-order valence-corrected chi connectivity index (χ1v) is 4.46. The number of carbonyl (C=O) groups is 1. The fourth-order valence-electron chi connectivity index (χ4n) is 1.79. The van der Waals surface area contributed by atoms with Gasteiger partial charge in [0.15, 0.2) is 5.79 Å². The minimum atomic E-state index is -0.798. The van der Waals surface area contributed by atoms with Gasteiger partial charge < -0.3 is 14.6 Å². The van der Waals surface area contributed by atoms with Crippen molar-refractivity contribution in [2.45, 2.75) is 24.7 Å². The lowest BCUT2D eigenvalue weighted by atomic mass is 10.00. The topological polar surface area (TPSA) is 67.8 Å². The SMILES string of the molecule is O=C(O)C1CCC2(CN1)OCCO2. The van der Waals surface area contributed by atoms with Gasteiger partial charge in [0.05, 0.1) is 19.8 Å². The van der Waals surface area contributed by atoms with Crippen LogP contribution in [0, 0.1) is 0 Å². The average molecular weight is 187 g/mol. The first kappa shape index (κ1) is 8.93. The second-order valence-corrected chi connectivity index (χ2v) is 3.42. The highest BCUT2D eigenvalue weighted by atomic mass is 16.7. The molecule has 1 unspecified atom stereocenters. The first-order valence-electron chi connectivity index (χ1n) is 4.46. The summed E-state index contributed by atoms with van der Waals surface area (Å²) in [6.07, 6.45) is 1.23. The van der Waals surface area contributed by atoms with Crippen molar-refractivity contribution in [1.29, 1.82) is 0 Å². The fourth-order valence-corrected chi connectivity index (χ4v) is 1.79. The third kappa shape index (κ3) is 1.67. The number of ether oxygens (including phenoxy) is 2. The van der Waals surface area contributed by atoms with Crippen LogP contribution in [-0.4, -0.2) is 42.7 Å². The molecule has 1 spiro atoms. The molecule has 13 heavy (non-hydrogen) atoms. The molecular weight excluding hydrogens is 174 g/mol. The summed E-state index contributed by atoms with van der Waals surface area (Å²) in [5.41, 5.74) is 0. The van der Waals surface area contributed by atoms with Gasteiger partial charge in [-0.15, -0.1) is 0 Å². The van der Waals surface area contributed by atoms with Crippen molar-refractivity contribution in [1.82, 2.24) is 5.32 Å². The van der Waals surface area contributed by atoms with Crippen molar-refractivity contribution >= 4 is 5.97 Å². The summed E-state index contributed by atoms with van der Waals surface area (Å²) >= 11 is 0. The van der Waals surface area contributed by atoms with Crippen LogP contribution in [0.15, 0.2) is 0 Å². The number of aliphatic carboxylic acids is 1. The Hall–Kier alpha value is -0.650. The average Bonchev–Trinajstić information content (AvgIpc) is 2.54. The van der Waals surface area contributed by atoms with E-state index < -0.39 is 17.8 Å². The van der Waals surface area contributed by atoms with Gasteiger partial charge in [-0.2, -0.15) is 0 Å². The summed E-state index contributed by atoms with van der Waals surface area (Å²) < 4.78 is 10.9. The van der Waals surface area contributed by atoms with Crippen LogP contribution >= 0.6 is 0 Å². The maximum Gasteiger partial charge on any atom is 0.320 e. The Labute approximate surface area is 76.0 Å². The predicted molar refractivity (Wildman–Crippen MR) is 43.3 cm³/mol. The standard InChI is InChI=1S/C8H13NO4/c10-7(11)6-1-2-8(5-9-6)12-3-4-13-8/h6,9H,1-5H2,(H,10,11).